The number of benzene rings is 3. The summed E-state index contributed by atoms with van der Waals surface area (Å²) in [5, 5.41) is 8.24. The number of aromatic nitrogens is 2. The van der Waals surface area contributed by atoms with Crippen LogP contribution in [0.5, 0.6) is 0 Å². The van der Waals surface area contributed by atoms with Gasteiger partial charge < -0.3 is 4.90 Å². The van der Waals surface area contributed by atoms with Crippen molar-refractivity contribution in [1.29, 1.82) is 0 Å². The number of amides is 1. The number of fused-ring (bicyclic) bond motifs is 1. The van der Waals surface area contributed by atoms with Crippen molar-refractivity contribution in [2.24, 2.45) is 5.41 Å². The molecule has 6 rings (SSSR count). The summed E-state index contributed by atoms with van der Waals surface area (Å²) in [7, 11) is -3.22. The van der Waals surface area contributed by atoms with Crippen LogP contribution in [0.1, 0.15) is 41.4 Å². The van der Waals surface area contributed by atoms with Gasteiger partial charge in [-0.2, -0.15) is 5.10 Å². The van der Waals surface area contributed by atoms with E-state index in [0.717, 1.165) is 40.4 Å². The highest BCUT2D eigenvalue weighted by Gasteiger charge is 2.49. The minimum Gasteiger partial charge on any atom is -0.337 e. The van der Waals surface area contributed by atoms with E-state index in [1.165, 1.54) is 0 Å². The third kappa shape index (κ3) is 4.84. The molecule has 4 aromatic rings. The molecule has 0 saturated carbocycles. The van der Waals surface area contributed by atoms with Crippen molar-refractivity contribution in [2.45, 2.75) is 19.8 Å². The van der Waals surface area contributed by atoms with E-state index in [4.69, 9.17) is 0 Å². The van der Waals surface area contributed by atoms with Crippen molar-refractivity contribution >= 4 is 26.8 Å². The number of aromatic amines is 1. The molecule has 2 aliphatic rings. The summed E-state index contributed by atoms with van der Waals surface area (Å²) in [4.78, 5) is 15.2. The second-order valence-electron chi connectivity index (χ2n) is 10.5. The summed E-state index contributed by atoms with van der Waals surface area (Å²) < 4.78 is 26.4. The number of H-pyrrole nitrogens is 1. The Kier molecular flexibility index (Phi) is 6.49. The van der Waals surface area contributed by atoms with Crippen LogP contribution in [0, 0.1) is 17.3 Å². The summed E-state index contributed by atoms with van der Waals surface area (Å²) in [5.74, 6) is 6.55. The molecule has 0 unspecified atom stereocenters. The van der Waals surface area contributed by atoms with Gasteiger partial charge in [-0.05, 0) is 61.1 Å². The fourth-order valence-electron chi connectivity index (χ4n) is 5.76. The lowest BCUT2D eigenvalue weighted by molar-refractivity contribution is -0.0226. The van der Waals surface area contributed by atoms with Crippen LogP contribution in [-0.2, 0) is 10.0 Å². The lowest BCUT2D eigenvalue weighted by Gasteiger charge is -2.54. The van der Waals surface area contributed by atoms with Crippen molar-refractivity contribution in [1.82, 2.24) is 19.4 Å². The first-order valence-corrected chi connectivity index (χ1v) is 14.9. The van der Waals surface area contributed by atoms with Gasteiger partial charge in [-0.3, -0.25) is 9.89 Å². The number of carbonyl (C=O) groups excluding carboxylic acids is 1. The first-order valence-electron chi connectivity index (χ1n) is 13.3. The molecule has 3 aromatic carbocycles. The number of hydrogen-bond acceptors (Lipinski definition) is 4. The van der Waals surface area contributed by atoms with E-state index in [2.05, 4.69) is 40.2 Å². The van der Waals surface area contributed by atoms with Crippen LogP contribution in [0.4, 0.5) is 0 Å². The Morgan fingerprint density at radius 2 is 1.77 bits per heavy atom. The number of hydrogen-bond donors (Lipinski definition) is 1. The molecule has 2 fully saturated rings. The summed E-state index contributed by atoms with van der Waals surface area (Å²) in [6, 6.07) is 23.7. The Morgan fingerprint density at radius 1 is 1.00 bits per heavy atom. The Bertz CT molecular complexity index is 1710. The van der Waals surface area contributed by atoms with Crippen LogP contribution < -0.4 is 0 Å². The predicted molar refractivity (Wildman–Crippen MR) is 153 cm³/mol. The predicted octanol–water partition coefficient (Wildman–Crippen LogP) is 4.52. The molecular weight excluding hydrogens is 508 g/mol. The highest BCUT2D eigenvalue weighted by atomic mass is 32.2. The zero-order valence-corrected chi connectivity index (χ0v) is 22.7. The Morgan fingerprint density at radius 3 is 2.56 bits per heavy atom. The molecule has 1 spiro atoms. The van der Waals surface area contributed by atoms with Crippen molar-refractivity contribution in [3.63, 3.8) is 0 Å². The van der Waals surface area contributed by atoms with Crippen molar-refractivity contribution in [3.8, 4) is 23.0 Å². The molecule has 7 nitrogen and oxygen atoms in total. The van der Waals surface area contributed by atoms with Crippen LogP contribution in [0.15, 0.2) is 72.8 Å². The number of nitrogens with one attached hydrogen (secondary N) is 1. The monoisotopic (exact) mass is 538 g/mol. The molecule has 0 bridgehead atoms. The van der Waals surface area contributed by atoms with E-state index in [9.17, 15) is 13.2 Å². The van der Waals surface area contributed by atoms with Gasteiger partial charge in [-0.25, -0.2) is 12.7 Å². The van der Waals surface area contributed by atoms with E-state index in [0.29, 0.717) is 37.4 Å². The Hall–Kier alpha value is -3.93. The number of rotatable bonds is 4. The quantitative estimate of drug-likeness (QED) is 0.387. The van der Waals surface area contributed by atoms with Gasteiger partial charge in [-0.1, -0.05) is 54.5 Å². The van der Waals surface area contributed by atoms with Crippen LogP contribution in [0.25, 0.3) is 22.0 Å². The number of piperidine rings is 1. The highest BCUT2D eigenvalue weighted by Crippen LogP contribution is 2.40. The molecule has 2 aliphatic heterocycles. The maximum Gasteiger partial charge on any atom is 0.253 e. The SMILES string of the molecule is CCS(=O)(=O)N1CCCC2(CN(C(=O)c3ccc4[nH]nc(C#Cc5ccccc5-c5ccccc5)c4c3)C2)C1. The molecule has 1 aromatic heterocycles. The third-order valence-electron chi connectivity index (χ3n) is 7.86. The van der Waals surface area contributed by atoms with Crippen molar-refractivity contribution < 1.29 is 13.2 Å². The first-order chi connectivity index (χ1) is 18.9. The fraction of sp³-hybridized carbons (Fsp3) is 0.290. The number of sulfonamides is 1. The van der Waals surface area contributed by atoms with Crippen LogP contribution in [-0.4, -0.2) is 65.7 Å². The number of nitrogens with zero attached hydrogens (tertiary/aromatic N) is 3. The maximum atomic E-state index is 13.4. The van der Waals surface area contributed by atoms with E-state index >= 15 is 0 Å². The molecule has 3 heterocycles. The van der Waals surface area contributed by atoms with Gasteiger partial charge in [0.05, 0.1) is 11.3 Å². The summed E-state index contributed by atoms with van der Waals surface area (Å²) in [6.45, 7) is 3.91. The minimum absolute atomic E-state index is 0.0486. The van der Waals surface area contributed by atoms with Crippen LogP contribution in [0.2, 0.25) is 0 Å². The molecular formula is C31H30N4O3S. The van der Waals surface area contributed by atoms with E-state index in [-0.39, 0.29) is 17.1 Å². The topological polar surface area (TPSA) is 86.4 Å². The van der Waals surface area contributed by atoms with E-state index in [1.54, 1.807) is 11.2 Å². The number of carbonyl (C=O) groups is 1. The van der Waals surface area contributed by atoms with Gasteiger partial charge in [0.25, 0.3) is 5.91 Å². The molecule has 0 aliphatic carbocycles. The molecule has 198 valence electrons. The van der Waals surface area contributed by atoms with Gasteiger partial charge in [0.1, 0.15) is 5.69 Å². The number of likely N-dealkylation sites (tertiary alicyclic amines) is 1. The minimum atomic E-state index is -3.22. The van der Waals surface area contributed by atoms with Gasteiger partial charge in [-0.15, -0.1) is 0 Å². The zero-order chi connectivity index (χ0) is 27.0. The average Bonchev–Trinajstić information content (AvgIpc) is 3.37. The van der Waals surface area contributed by atoms with Gasteiger partial charge in [0, 0.05) is 48.1 Å². The summed E-state index contributed by atoms with van der Waals surface area (Å²) >= 11 is 0. The first kappa shape index (κ1) is 25.4. The normalized spacial score (nSPS) is 17.0. The fourth-order valence-corrected chi connectivity index (χ4v) is 7.00. The summed E-state index contributed by atoms with van der Waals surface area (Å²) in [5.41, 5.74) is 4.92. The molecule has 8 heteroatoms. The van der Waals surface area contributed by atoms with E-state index in [1.807, 2.05) is 59.5 Å². The van der Waals surface area contributed by atoms with Crippen molar-refractivity contribution in [2.75, 3.05) is 31.9 Å². The van der Waals surface area contributed by atoms with Gasteiger partial charge in [0.15, 0.2) is 0 Å². The van der Waals surface area contributed by atoms with Crippen LogP contribution in [0.3, 0.4) is 0 Å². The van der Waals surface area contributed by atoms with Crippen LogP contribution >= 0.6 is 0 Å². The zero-order valence-electron chi connectivity index (χ0n) is 21.9. The smallest absolute Gasteiger partial charge is 0.253 e. The highest BCUT2D eigenvalue weighted by molar-refractivity contribution is 7.89. The molecule has 1 N–H and O–H groups in total. The average molecular weight is 539 g/mol. The Labute approximate surface area is 228 Å². The van der Waals surface area contributed by atoms with E-state index < -0.39 is 10.0 Å². The second kappa shape index (κ2) is 9.99. The maximum absolute atomic E-state index is 13.4. The second-order valence-corrected chi connectivity index (χ2v) is 12.8. The molecule has 1 amide bonds. The Balaban J connectivity index is 1.22. The molecule has 0 atom stereocenters. The molecule has 0 radical (unpaired) electrons. The molecule has 39 heavy (non-hydrogen) atoms. The largest absolute Gasteiger partial charge is 0.337 e. The van der Waals surface area contributed by atoms with Gasteiger partial charge in [0.2, 0.25) is 10.0 Å². The lowest BCUT2D eigenvalue weighted by atomic mass is 9.73. The lowest BCUT2D eigenvalue weighted by Crippen LogP contribution is -2.64. The molecule has 2 saturated heterocycles. The standard InChI is InChI=1S/C31H30N4O3S/c1-2-39(37,38)35-18-8-17-31(22-35)20-34(21-31)30(36)25-14-16-29-27(19-25)28(32-33-29)15-13-24-11-6-7-12-26(24)23-9-4-3-5-10-23/h3-7,9-12,14,16,19H,2,8,17-18,20-22H2,1H3,(H,32,33). The van der Waals surface area contributed by atoms with Crippen molar-refractivity contribution in [3.05, 3.63) is 89.6 Å². The van der Waals surface area contributed by atoms with Gasteiger partial charge >= 0.3 is 0 Å². The third-order valence-corrected chi connectivity index (χ3v) is 9.69. The summed E-state index contributed by atoms with van der Waals surface area (Å²) in [6.07, 6.45) is 1.77.